The number of methoxy groups -OCH3 is 1. The van der Waals surface area contributed by atoms with Crippen LogP contribution in [0.5, 0.6) is 11.5 Å². The predicted molar refractivity (Wildman–Crippen MR) is 105 cm³/mol. The number of hydrogen-bond acceptors (Lipinski definition) is 3. The summed E-state index contributed by atoms with van der Waals surface area (Å²) in [6.07, 6.45) is 3.95. The highest BCUT2D eigenvalue weighted by Gasteiger charge is 2.15. The lowest BCUT2D eigenvalue weighted by molar-refractivity contribution is -0.918. The highest BCUT2D eigenvalue weighted by atomic mass is 19.3. The van der Waals surface area contributed by atoms with Gasteiger partial charge in [-0.25, -0.2) is 0 Å². The fourth-order valence-corrected chi connectivity index (χ4v) is 3.58. The molecule has 1 amide bonds. The molecule has 0 radical (unpaired) electrons. The third-order valence-electron chi connectivity index (χ3n) is 5.13. The first-order chi connectivity index (χ1) is 14.0. The van der Waals surface area contributed by atoms with Crippen LogP contribution in [0.3, 0.4) is 0 Å². The Balaban J connectivity index is 1.54. The first-order valence-corrected chi connectivity index (χ1v) is 9.87. The molecule has 0 aliphatic carbocycles. The van der Waals surface area contributed by atoms with Gasteiger partial charge in [-0.15, -0.1) is 0 Å². The van der Waals surface area contributed by atoms with Crippen molar-refractivity contribution in [2.24, 2.45) is 0 Å². The molecule has 156 valence electrons. The molecule has 0 bridgehead atoms. The van der Waals surface area contributed by atoms with Gasteiger partial charge in [-0.2, -0.15) is 8.78 Å². The first kappa shape index (κ1) is 21.0. The number of benzene rings is 2. The number of rotatable bonds is 8. The normalized spacial score (nSPS) is 14.6. The van der Waals surface area contributed by atoms with Crippen molar-refractivity contribution in [2.75, 3.05) is 20.2 Å². The van der Waals surface area contributed by atoms with E-state index in [1.54, 1.807) is 4.90 Å². The smallest absolute Gasteiger partial charge is 0.387 e. The van der Waals surface area contributed by atoms with Crippen LogP contribution < -0.4 is 19.7 Å². The molecule has 1 fully saturated rings. The van der Waals surface area contributed by atoms with E-state index in [0.717, 1.165) is 12.1 Å². The van der Waals surface area contributed by atoms with Crippen LogP contribution in [-0.4, -0.2) is 32.7 Å². The quantitative estimate of drug-likeness (QED) is 0.710. The fourth-order valence-electron chi connectivity index (χ4n) is 3.58. The molecule has 7 heteroatoms. The molecule has 0 atom stereocenters. The minimum Gasteiger partial charge on any atom is -0.493 e. The predicted octanol–water partition coefficient (Wildman–Crippen LogP) is 2.80. The van der Waals surface area contributed by atoms with Crippen molar-refractivity contribution in [1.82, 2.24) is 5.32 Å². The largest absolute Gasteiger partial charge is 0.493 e. The summed E-state index contributed by atoms with van der Waals surface area (Å²) in [5, 5.41) is 2.84. The molecule has 2 N–H and O–H groups in total. The lowest BCUT2D eigenvalue weighted by Gasteiger charge is -2.23. The van der Waals surface area contributed by atoms with Crippen LogP contribution in [0.15, 0.2) is 42.5 Å². The van der Waals surface area contributed by atoms with Crippen molar-refractivity contribution in [2.45, 2.75) is 39.0 Å². The molecule has 29 heavy (non-hydrogen) atoms. The van der Waals surface area contributed by atoms with Crippen LogP contribution >= 0.6 is 0 Å². The number of ether oxygens (including phenoxy) is 2. The Morgan fingerprint density at radius 1 is 1.03 bits per heavy atom. The van der Waals surface area contributed by atoms with Gasteiger partial charge in [0, 0.05) is 17.7 Å². The lowest BCUT2D eigenvalue weighted by atomic mass is 10.1. The molecule has 0 spiro atoms. The van der Waals surface area contributed by atoms with Gasteiger partial charge in [-0.1, -0.05) is 24.3 Å². The van der Waals surface area contributed by atoms with E-state index in [2.05, 4.69) is 22.2 Å². The molecule has 3 rings (SSSR count). The van der Waals surface area contributed by atoms with Gasteiger partial charge in [0.05, 0.1) is 20.2 Å². The minimum absolute atomic E-state index is 0.0857. The zero-order valence-corrected chi connectivity index (χ0v) is 16.5. The maximum absolute atomic E-state index is 12.4. The zero-order valence-electron chi connectivity index (χ0n) is 16.5. The second kappa shape index (κ2) is 10.2. The van der Waals surface area contributed by atoms with E-state index < -0.39 is 6.61 Å². The zero-order chi connectivity index (χ0) is 20.6. The van der Waals surface area contributed by atoms with Crippen LogP contribution in [0.2, 0.25) is 0 Å². The van der Waals surface area contributed by atoms with Crippen molar-refractivity contribution in [3.05, 3.63) is 59.2 Å². The SMILES string of the molecule is COc1cc(C(=O)NCc2ccc(C[NH+]3CCCCC3)cc2)ccc1OC(F)F. The molecule has 2 aromatic rings. The monoisotopic (exact) mass is 405 g/mol. The molecular formula is C22H27F2N2O3+. The summed E-state index contributed by atoms with van der Waals surface area (Å²) in [6.45, 7) is 0.945. The number of hydrogen-bond donors (Lipinski definition) is 2. The van der Waals surface area contributed by atoms with E-state index in [9.17, 15) is 13.6 Å². The van der Waals surface area contributed by atoms with E-state index in [-0.39, 0.29) is 17.4 Å². The second-order valence-electron chi connectivity index (χ2n) is 7.23. The number of halogens is 2. The third kappa shape index (κ3) is 6.15. The van der Waals surface area contributed by atoms with Crippen molar-refractivity contribution < 1.29 is 27.9 Å². The molecule has 5 nitrogen and oxygen atoms in total. The third-order valence-corrected chi connectivity index (χ3v) is 5.13. The highest BCUT2D eigenvalue weighted by molar-refractivity contribution is 5.94. The average Bonchev–Trinajstić information content (AvgIpc) is 2.73. The van der Waals surface area contributed by atoms with Gasteiger partial charge in [0.2, 0.25) is 0 Å². The van der Waals surface area contributed by atoms with Gasteiger partial charge >= 0.3 is 6.61 Å². The summed E-state index contributed by atoms with van der Waals surface area (Å²) >= 11 is 0. The van der Waals surface area contributed by atoms with E-state index >= 15 is 0 Å². The van der Waals surface area contributed by atoms with E-state index in [0.29, 0.717) is 12.1 Å². The van der Waals surface area contributed by atoms with Crippen molar-refractivity contribution in [3.8, 4) is 11.5 Å². The second-order valence-corrected chi connectivity index (χ2v) is 7.23. The minimum atomic E-state index is -2.96. The standard InChI is InChI=1S/C22H26F2N2O3/c1-28-20-13-18(9-10-19(20)29-22(23)24)21(27)25-14-16-5-7-17(8-6-16)15-26-11-3-2-4-12-26/h5-10,13,22H,2-4,11-12,14-15H2,1H3,(H,25,27)/p+1. The number of amides is 1. The molecular weight excluding hydrogens is 378 g/mol. The summed E-state index contributed by atoms with van der Waals surface area (Å²) in [5.41, 5.74) is 2.62. The number of likely N-dealkylation sites (tertiary alicyclic amines) is 1. The Bertz CT molecular complexity index is 806. The average molecular weight is 405 g/mol. The van der Waals surface area contributed by atoms with Gasteiger partial charge in [0.25, 0.3) is 5.91 Å². The molecule has 1 aliphatic rings. The maximum Gasteiger partial charge on any atom is 0.387 e. The van der Waals surface area contributed by atoms with E-state index in [4.69, 9.17) is 4.74 Å². The Labute approximate surface area is 169 Å². The van der Waals surface area contributed by atoms with Crippen LogP contribution in [0, 0.1) is 0 Å². The number of nitrogens with one attached hydrogen (secondary N) is 2. The van der Waals surface area contributed by atoms with Gasteiger partial charge in [-0.3, -0.25) is 4.79 Å². The van der Waals surface area contributed by atoms with Gasteiger partial charge < -0.3 is 19.7 Å². The molecule has 1 saturated heterocycles. The Hall–Kier alpha value is -2.67. The summed E-state index contributed by atoms with van der Waals surface area (Å²) < 4.78 is 34.2. The lowest BCUT2D eigenvalue weighted by Crippen LogP contribution is -3.11. The summed E-state index contributed by atoms with van der Waals surface area (Å²) in [5.74, 6) is -0.332. The van der Waals surface area contributed by atoms with E-state index in [1.807, 2.05) is 12.1 Å². The fraction of sp³-hybridized carbons (Fsp3) is 0.409. The molecule has 1 aliphatic heterocycles. The molecule has 0 aromatic heterocycles. The number of piperidine rings is 1. The Kier molecular flexibility index (Phi) is 7.41. The molecule has 0 saturated carbocycles. The molecule has 1 heterocycles. The Morgan fingerprint density at radius 3 is 2.38 bits per heavy atom. The summed E-state index contributed by atoms with van der Waals surface area (Å²) in [4.78, 5) is 14.0. The highest BCUT2D eigenvalue weighted by Crippen LogP contribution is 2.29. The van der Waals surface area contributed by atoms with Crippen LogP contribution in [0.25, 0.3) is 0 Å². The van der Waals surface area contributed by atoms with Crippen LogP contribution in [0.1, 0.15) is 40.7 Å². The van der Waals surface area contributed by atoms with Crippen molar-refractivity contribution >= 4 is 5.91 Å². The van der Waals surface area contributed by atoms with Gasteiger partial charge in [0.1, 0.15) is 6.54 Å². The number of carbonyl (C=O) groups excluding carboxylic acids is 1. The maximum atomic E-state index is 12.4. The van der Waals surface area contributed by atoms with Crippen LogP contribution in [-0.2, 0) is 13.1 Å². The van der Waals surface area contributed by atoms with E-state index in [1.165, 1.54) is 63.2 Å². The summed E-state index contributed by atoms with van der Waals surface area (Å²) in [6, 6.07) is 12.4. The number of quaternary nitrogens is 1. The van der Waals surface area contributed by atoms with Crippen molar-refractivity contribution in [3.63, 3.8) is 0 Å². The molecule has 2 aromatic carbocycles. The number of alkyl halides is 2. The Morgan fingerprint density at radius 2 is 1.72 bits per heavy atom. The van der Waals surface area contributed by atoms with Gasteiger partial charge in [-0.05, 0) is 43.0 Å². The summed E-state index contributed by atoms with van der Waals surface area (Å²) in [7, 11) is 1.34. The topological polar surface area (TPSA) is 52.0 Å². The number of carbonyl (C=O) groups is 1. The van der Waals surface area contributed by atoms with Gasteiger partial charge in [0.15, 0.2) is 11.5 Å². The molecule has 0 unspecified atom stereocenters. The van der Waals surface area contributed by atoms with Crippen LogP contribution in [0.4, 0.5) is 8.78 Å². The van der Waals surface area contributed by atoms with Crippen molar-refractivity contribution in [1.29, 1.82) is 0 Å². The first-order valence-electron chi connectivity index (χ1n) is 9.87.